The van der Waals surface area contributed by atoms with Crippen LogP contribution >= 0.6 is 0 Å². The predicted molar refractivity (Wildman–Crippen MR) is 117 cm³/mol. The summed E-state index contributed by atoms with van der Waals surface area (Å²) in [4.78, 5) is 25.5. The number of aryl methyl sites for hydroxylation is 1. The predicted octanol–water partition coefficient (Wildman–Crippen LogP) is 2.24. The van der Waals surface area contributed by atoms with Crippen LogP contribution in [0.1, 0.15) is 30.5 Å². The molecular formula is C23H28N4O4. The van der Waals surface area contributed by atoms with Crippen LogP contribution in [0.5, 0.6) is 5.75 Å². The molecule has 0 spiro atoms. The Labute approximate surface area is 180 Å². The van der Waals surface area contributed by atoms with Gasteiger partial charge in [0.1, 0.15) is 11.4 Å². The third-order valence-electron chi connectivity index (χ3n) is 5.96. The Balaban J connectivity index is 1.58. The number of ether oxygens (including phenoxy) is 2. The summed E-state index contributed by atoms with van der Waals surface area (Å²) in [5, 5.41) is 7.47. The van der Waals surface area contributed by atoms with Gasteiger partial charge in [-0.05, 0) is 38.3 Å². The molecule has 1 saturated heterocycles. The molecule has 1 amide bonds. The summed E-state index contributed by atoms with van der Waals surface area (Å²) < 4.78 is 14.3. The first-order valence-electron chi connectivity index (χ1n) is 10.6. The first-order valence-corrected chi connectivity index (χ1v) is 10.6. The van der Waals surface area contributed by atoms with Crippen LogP contribution in [0.3, 0.4) is 0 Å². The fourth-order valence-corrected chi connectivity index (χ4v) is 4.05. The van der Waals surface area contributed by atoms with E-state index in [1.165, 1.54) is 4.52 Å². The Bertz CT molecular complexity index is 1160. The Kier molecular flexibility index (Phi) is 6.08. The summed E-state index contributed by atoms with van der Waals surface area (Å²) in [5.41, 5.74) is 3.40. The first-order chi connectivity index (χ1) is 15.0. The summed E-state index contributed by atoms with van der Waals surface area (Å²) in [6.45, 7) is 3.18. The van der Waals surface area contributed by atoms with Gasteiger partial charge >= 0.3 is 0 Å². The number of hydrogen-bond donors (Lipinski definition) is 1. The number of benzene rings is 1. The van der Waals surface area contributed by atoms with E-state index in [4.69, 9.17) is 9.47 Å². The third kappa shape index (κ3) is 4.20. The first kappa shape index (κ1) is 21.1. The second-order valence-electron chi connectivity index (χ2n) is 7.87. The van der Waals surface area contributed by atoms with Gasteiger partial charge in [-0.3, -0.25) is 9.59 Å². The van der Waals surface area contributed by atoms with Crippen LogP contribution in [-0.4, -0.2) is 46.5 Å². The third-order valence-corrected chi connectivity index (χ3v) is 5.96. The van der Waals surface area contributed by atoms with Gasteiger partial charge in [-0.25, -0.2) is 0 Å². The van der Waals surface area contributed by atoms with Gasteiger partial charge < -0.3 is 19.4 Å². The summed E-state index contributed by atoms with van der Waals surface area (Å²) in [6.07, 6.45) is 2.72. The summed E-state index contributed by atoms with van der Waals surface area (Å²) in [7, 11) is 3.51. The average Bonchev–Trinajstić information content (AvgIpc) is 3.46. The van der Waals surface area contributed by atoms with Crippen LogP contribution in [0.4, 0.5) is 0 Å². The number of hydrogen-bond acceptors (Lipinski definition) is 5. The van der Waals surface area contributed by atoms with Crippen molar-refractivity contribution in [2.24, 2.45) is 7.05 Å². The lowest BCUT2D eigenvalue weighted by Gasteiger charge is -2.13. The molecule has 0 aliphatic carbocycles. The maximum atomic E-state index is 13.2. The zero-order valence-electron chi connectivity index (χ0n) is 18.2. The smallest absolute Gasteiger partial charge is 0.277 e. The van der Waals surface area contributed by atoms with Crippen molar-refractivity contribution in [3.8, 4) is 17.0 Å². The van der Waals surface area contributed by atoms with E-state index >= 15 is 0 Å². The monoisotopic (exact) mass is 424 g/mol. The topological polar surface area (TPSA) is 86.9 Å². The highest BCUT2D eigenvalue weighted by Crippen LogP contribution is 2.29. The molecule has 1 atom stereocenters. The molecule has 1 N–H and O–H groups in total. The molecule has 31 heavy (non-hydrogen) atoms. The maximum Gasteiger partial charge on any atom is 0.277 e. The molecule has 3 aromatic rings. The van der Waals surface area contributed by atoms with Crippen molar-refractivity contribution in [2.45, 2.75) is 38.7 Å². The lowest BCUT2D eigenvalue weighted by atomic mass is 10.1. The van der Waals surface area contributed by atoms with E-state index < -0.39 is 0 Å². The van der Waals surface area contributed by atoms with E-state index in [9.17, 15) is 9.59 Å². The van der Waals surface area contributed by atoms with Crippen LogP contribution in [0, 0.1) is 6.92 Å². The van der Waals surface area contributed by atoms with Crippen molar-refractivity contribution in [1.82, 2.24) is 19.5 Å². The quantitative estimate of drug-likeness (QED) is 0.629. The van der Waals surface area contributed by atoms with Crippen molar-refractivity contribution in [1.29, 1.82) is 0 Å². The molecule has 2 aromatic heterocycles. The minimum atomic E-state index is -0.196. The molecule has 1 fully saturated rings. The van der Waals surface area contributed by atoms with E-state index in [-0.39, 0.29) is 24.0 Å². The van der Waals surface area contributed by atoms with Crippen LogP contribution in [0.25, 0.3) is 16.9 Å². The molecular weight excluding hydrogens is 396 g/mol. The highest BCUT2D eigenvalue weighted by Gasteiger charge is 2.19. The van der Waals surface area contributed by atoms with Gasteiger partial charge in [0.15, 0.2) is 0 Å². The molecule has 0 bridgehead atoms. The number of rotatable bonds is 7. The number of nitrogens with one attached hydrogen (secondary N) is 1. The van der Waals surface area contributed by atoms with Gasteiger partial charge in [-0.1, -0.05) is 12.1 Å². The van der Waals surface area contributed by atoms with Crippen molar-refractivity contribution >= 4 is 11.6 Å². The summed E-state index contributed by atoms with van der Waals surface area (Å²) >= 11 is 0. The molecule has 8 heteroatoms. The van der Waals surface area contributed by atoms with Crippen LogP contribution in [-0.2, 0) is 23.0 Å². The lowest BCUT2D eigenvalue weighted by molar-refractivity contribution is -0.121. The second kappa shape index (κ2) is 8.93. The van der Waals surface area contributed by atoms with E-state index in [1.54, 1.807) is 7.11 Å². The minimum Gasteiger partial charge on any atom is -0.496 e. The van der Waals surface area contributed by atoms with Gasteiger partial charge in [0.05, 0.1) is 18.9 Å². The molecule has 164 valence electrons. The van der Waals surface area contributed by atoms with E-state index in [0.717, 1.165) is 30.7 Å². The van der Waals surface area contributed by atoms with Crippen molar-refractivity contribution < 1.29 is 14.3 Å². The highest BCUT2D eigenvalue weighted by atomic mass is 16.5. The van der Waals surface area contributed by atoms with Crippen molar-refractivity contribution in [2.75, 3.05) is 20.3 Å². The highest BCUT2D eigenvalue weighted by molar-refractivity contribution is 5.76. The zero-order valence-corrected chi connectivity index (χ0v) is 18.2. The Morgan fingerprint density at radius 1 is 1.35 bits per heavy atom. The van der Waals surface area contributed by atoms with Crippen molar-refractivity contribution in [3.05, 3.63) is 51.9 Å². The van der Waals surface area contributed by atoms with Gasteiger partial charge in [-0.2, -0.15) is 9.61 Å². The fourth-order valence-electron chi connectivity index (χ4n) is 4.05. The average molecular weight is 425 g/mol. The summed E-state index contributed by atoms with van der Waals surface area (Å²) in [5.74, 6) is 0.619. The number of fused-ring (bicyclic) bond motifs is 1. The minimum absolute atomic E-state index is 0.0766. The normalized spacial score (nSPS) is 16.0. The SMILES string of the molecule is COc1ccccc1-c1cc2n(C)c(C)c(CCC(=O)NCC3CCCO3)c(=O)n2n1. The van der Waals surface area contributed by atoms with Crippen molar-refractivity contribution in [3.63, 3.8) is 0 Å². The van der Waals surface area contributed by atoms with Gasteiger partial charge in [-0.15, -0.1) is 0 Å². The molecule has 4 rings (SSSR count). The Morgan fingerprint density at radius 3 is 2.90 bits per heavy atom. The number of methoxy groups -OCH3 is 1. The molecule has 3 heterocycles. The van der Waals surface area contributed by atoms with Gasteiger partial charge in [0.2, 0.25) is 5.91 Å². The maximum absolute atomic E-state index is 13.2. The van der Waals surface area contributed by atoms with Gasteiger partial charge in [0.25, 0.3) is 5.56 Å². The van der Waals surface area contributed by atoms with E-state index in [1.807, 2.05) is 48.9 Å². The molecule has 1 aromatic carbocycles. The molecule has 0 radical (unpaired) electrons. The zero-order chi connectivity index (χ0) is 22.0. The van der Waals surface area contributed by atoms with Crippen LogP contribution in [0.15, 0.2) is 35.1 Å². The lowest BCUT2D eigenvalue weighted by Crippen LogP contribution is -2.32. The number of nitrogens with zero attached hydrogens (tertiary/aromatic N) is 3. The molecule has 1 aliphatic heterocycles. The Morgan fingerprint density at radius 2 is 2.16 bits per heavy atom. The number of aromatic nitrogens is 3. The van der Waals surface area contributed by atoms with E-state index in [2.05, 4.69) is 10.4 Å². The fraction of sp³-hybridized carbons (Fsp3) is 0.435. The van der Waals surface area contributed by atoms with Gasteiger partial charge in [0, 0.05) is 49.5 Å². The number of carbonyl (C=O) groups excluding carboxylic acids is 1. The second-order valence-corrected chi connectivity index (χ2v) is 7.87. The Hall–Kier alpha value is -3.13. The molecule has 0 saturated carbocycles. The van der Waals surface area contributed by atoms with Crippen LogP contribution < -0.4 is 15.6 Å². The standard InChI is InChI=1S/C23H28N4O4/c1-15-17(10-11-21(28)24-14-16-7-6-12-31-16)23(29)27-22(26(15)2)13-19(25-27)18-8-4-5-9-20(18)30-3/h4-5,8-9,13,16H,6-7,10-12,14H2,1-3H3,(H,24,28). The van der Waals surface area contributed by atoms with Crippen LogP contribution in [0.2, 0.25) is 0 Å². The number of para-hydroxylation sites is 1. The van der Waals surface area contributed by atoms with E-state index in [0.29, 0.717) is 35.6 Å². The number of amides is 1. The molecule has 1 aliphatic rings. The molecule has 1 unspecified atom stereocenters. The molecule has 8 nitrogen and oxygen atoms in total. The number of carbonyl (C=O) groups is 1. The largest absolute Gasteiger partial charge is 0.496 e. The summed E-state index contributed by atoms with van der Waals surface area (Å²) in [6, 6.07) is 9.46.